The minimum Gasteiger partial charge on any atom is -0.486 e. The number of imide groups is 1. The Bertz CT molecular complexity index is 609. The molecule has 0 atom stereocenters. The number of hydrogen-bond donors (Lipinski definition) is 1. The van der Waals surface area contributed by atoms with Crippen LogP contribution in [0.1, 0.15) is 5.56 Å². The molecule has 2 N–H and O–H groups in total. The highest BCUT2D eigenvalue weighted by Gasteiger charge is 2.31. The van der Waals surface area contributed by atoms with Crippen molar-refractivity contribution >= 4 is 17.4 Å². The minimum absolute atomic E-state index is 0.224. The highest BCUT2D eigenvalue weighted by molar-refractivity contribution is 6.33. The number of ether oxygens (including phenoxy) is 2. The zero-order chi connectivity index (χ0) is 14.1. The fourth-order valence-corrected chi connectivity index (χ4v) is 2.27. The second-order valence-electron chi connectivity index (χ2n) is 4.50. The van der Waals surface area contributed by atoms with E-state index in [-0.39, 0.29) is 24.9 Å². The van der Waals surface area contributed by atoms with Gasteiger partial charge in [0.05, 0.1) is 5.57 Å². The molecule has 6 nitrogen and oxygen atoms in total. The van der Waals surface area contributed by atoms with Crippen LogP contribution in [0, 0.1) is 0 Å². The van der Waals surface area contributed by atoms with Gasteiger partial charge in [-0.25, -0.2) is 0 Å². The van der Waals surface area contributed by atoms with Crippen LogP contribution in [0.25, 0.3) is 5.57 Å². The first-order valence-electron chi connectivity index (χ1n) is 6.38. The molecule has 1 aromatic rings. The Morgan fingerprint density at radius 2 is 1.90 bits per heavy atom. The van der Waals surface area contributed by atoms with Gasteiger partial charge in [-0.3, -0.25) is 14.5 Å². The molecule has 0 fully saturated rings. The molecule has 0 saturated carbocycles. The number of amides is 2. The third-order valence-corrected chi connectivity index (χ3v) is 3.22. The van der Waals surface area contributed by atoms with Crippen LogP contribution in [0.2, 0.25) is 0 Å². The Morgan fingerprint density at radius 3 is 2.65 bits per heavy atom. The summed E-state index contributed by atoms with van der Waals surface area (Å²) in [5.74, 6) is 0.589. The second-order valence-corrected chi connectivity index (χ2v) is 4.50. The monoisotopic (exact) mass is 274 g/mol. The van der Waals surface area contributed by atoms with Gasteiger partial charge in [-0.05, 0) is 17.7 Å². The number of rotatable bonds is 3. The number of hydrogen-bond acceptors (Lipinski definition) is 5. The van der Waals surface area contributed by atoms with Crippen LogP contribution in [0.15, 0.2) is 24.3 Å². The topological polar surface area (TPSA) is 81.9 Å². The summed E-state index contributed by atoms with van der Waals surface area (Å²) in [6.45, 7) is 1.46. The van der Waals surface area contributed by atoms with Gasteiger partial charge in [0.2, 0.25) is 0 Å². The summed E-state index contributed by atoms with van der Waals surface area (Å²) in [5, 5.41) is 0. The fourth-order valence-electron chi connectivity index (χ4n) is 2.27. The van der Waals surface area contributed by atoms with Crippen molar-refractivity contribution in [3.8, 4) is 11.5 Å². The smallest absolute Gasteiger partial charge is 0.261 e. The van der Waals surface area contributed by atoms with E-state index in [9.17, 15) is 9.59 Å². The van der Waals surface area contributed by atoms with E-state index in [1.807, 2.05) is 0 Å². The Hall–Kier alpha value is -2.34. The highest BCUT2D eigenvalue weighted by Crippen LogP contribution is 2.34. The predicted molar refractivity (Wildman–Crippen MR) is 71.2 cm³/mol. The van der Waals surface area contributed by atoms with Crippen molar-refractivity contribution in [2.45, 2.75) is 0 Å². The maximum absolute atomic E-state index is 12.2. The lowest BCUT2D eigenvalue weighted by Gasteiger charge is -2.19. The van der Waals surface area contributed by atoms with Crippen LogP contribution in [0.5, 0.6) is 11.5 Å². The van der Waals surface area contributed by atoms with Gasteiger partial charge in [0.15, 0.2) is 11.5 Å². The van der Waals surface area contributed by atoms with Crippen molar-refractivity contribution in [3.63, 3.8) is 0 Å². The van der Waals surface area contributed by atoms with Crippen molar-refractivity contribution in [1.29, 1.82) is 0 Å². The molecule has 0 bridgehead atoms. The number of fused-ring (bicyclic) bond motifs is 1. The van der Waals surface area contributed by atoms with Gasteiger partial charge in [-0.15, -0.1) is 0 Å². The van der Waals surface area contributed by atoms with Gasteiger partial charge in [0, 0.05) is 19.2 Å². The summed E-state index contributed by atoms with van der Waals surface area (Å²) in [6.07, 6.45) is 1.34. The minimum atomic E-state index is -0.328. The summed E-state index contributed by atoms with van der Waals surface area (Å²) >= 11 is 0. The molecule has 0 aromatic heterocycles. The Labute approximate surface area is 115 Å². The summed E-state index contributed by atoms with van der Waals surface area (Å²) in [7, 11) is 0. The first-order chi connectivity index (χ1) is 9.70. The average molecular weight is 274 g/mol. The molecular weight excluding hydrogens is 260 g/mol. The average Bonchev–Trinajstić information content (AvgIpc) is 2.75. The molecule has 0 aliphatic carbocycles. The van der Waals surface area contributed by atoms with Crippen LogP contribution >= 0.6 is 0 Å². The fraction of sp³-hybridized carbons (Fsp3) is 0.286. The molecule has 1 aromatic carbocycles. The first kappa shape index (κ1) is 12.7. The van der Waals surface area contributed by atoms with Crippen LogP contribution in [-0.2, 0) is 9.59 Å². The lowest BCUT2D eigenvalue weighted by Crippen LogP contribution is -2.35. The Balaban J connectivity index is 1.92. The molecule has 2 amide bonds. The van der Waals surface area contributed by atoms with Gasteiger partial charge < -0.3 is 15.2 Å². The number of carbonyl (C=O) groups is 2. The zero-order valence-electron chi connectivity index (χ0n) is 10.8. The molecule has 0 radical (unpaired) electrons. The van der Waals surface area contributed by atoms with E-state index in [0.29, 0.717) is 35.8 Å². The van der Waals surface area contributed by atoms with Crippen molar-refractivity contribution in [3.05, 3.63) is 29.8 Å². The van der Waals surface area contributed by atoms with E-state index in [1.54, 1.807) is 18.2 Å². The van der Waals surface area contributed by atoms with Gasteiger partial charge >= 0.3 is 0 Å². The standard InChI is InChI=1S/C14H14N2O4/c15-3-4-16-13(17)8-10(14(16)18)9-1-2-11-12(7-9)20-6-5-19-11/h1-2,7-8H,3-6,15H2. The molecule has 3 rings (SSSR count). The SMILES string of the molecule is NCCN1C(=O)C=C(c2ccc3c(c2)OCCO3)C1=O. The van der Waals surface area contributed by atoms with Crippen molar-refractivity contribution in [2.24, 2.45) is 5.73 Å². The quantitative estimate of drug-likeness (QED) is 0.794. The van der Waals surface area contributed by atoms with Crippen LogP contribution < -0.4 is 15.2 Å². The molecule has 20 heavy (non-hydrogen) atoms. The second kappa shape index (κ2) is 4.97. The van der Waals surface area contributed by atoms with Crippen LogP contribution in [0.4, 0.5) is 0 Å². The third-order valence-electron chi connectivity index (χ3n) is 3.22. The van der Waals surface area contributed by atoms with Crippen LogP contribution in [-0.4, -0.2) is 43.0 Å². The van der Waals surface area contributed by atoms with E-state index < -0.39 is 0 Å². The summed E-state index contributed by atoms with van der Waals surface area (Å²) in [5.41, 5.74) is 6.41. The van der Waals surface area contributed by atoms with Gasteiger partial charge in [-0.2, -0.15) is 0 Å². The number of benzene rings is 1. The molecule has 2 aliphatic heterocycles. The van der Waals surface area contributed by atoms with E-state index in [1.165, 1.54) is 6.08 Å². The maximum Gasteiger partial charge on any atom is 0.261 e. The number of nitrogens with two attached hydrogens (primary N) is 1. The van der Waals surface area contributed by atoms with Crippen LogP contribution in [0.3, 0.4) is 0 Å². The summed E-state index contributed by atoms with van der Waals surface area (Å²) < 4.78 is 10.9. The van der Waals surface area contributed by atoms with Gasteiger partial charge in [-0.1, -0.05) is 6.07 Å². The zero-order valence-corrected chi connectivity index (χ0v) is 10.8. The summed E-state index contributed by atoms with van der Waals surface area (Å²) in [4.78, 5) is 25.1. The molecular formula is C14H14N2O4. The molecule has 0 spiro atoms. The molecule has 2 aliphatic rings. The lowest BCUT2D eigenvalue weighted by molar-refractivity contribution is -0.136. The molecule has 104 valence electrons. The van der Waals surface area contributed by atoms with Crippen molar-refractivity contribution in [1.82, 2.24) is 4.90 Å². The van der Waals surface area contributed by atoms with Gasteiger partial charge in [0.25, 0.3) is 11.8 Å². The Morgan fingerprint density at radius 1 is 1.15 bits per heavy atom. The van der Waals surface area contributed by atoms with E-state index >= 15 is 0 Å². The highest BCUT2D eigenvalue weighted by atomic mass is 16.6. The van der Waals surface area contributed by atoms with E-state index in [4.69, 9.17) is 15.2 Å². The Kier molecular flexibility index (Phi) is 3.15. The molecule has 6 heteroatoms. The first-order valence-corrected chi connectivity index (χ1v) is 6.38. The normalized spacial score (nSPS) is 17.4. The third kappa shape index (κ3) is 2.04. The lowest BCUT2D eigenvalue weighted by atomic mass is 10.1. The number of nitrogens with zero attached hydrogens (tertiary/aromatic N) is 1. The van der Waals surface area contributed by atoms with Gasteiger partial charge in [0.1, 0.15) is 13.2 Å². The molecule has 0 unspecified atom stereocenters. The van der Waals surface area contributed by atoms with Crippen molar-refractivity contribution in [2.75, 3.05) is 26.3 Å². The molecule has 2 heterocycles. The van der Waals surface area contributed by atoms with E-state index in [0.717, 1.165) is 4.90 Å². The van der Waals surface area contributed by atoms with Crippen molar-refractivity contribution < 1.29 is 19.1 Å². The maximum atomic E-state index is 12.2. The molecule has 0 saturated heterocycles. The summed E-state index contributed by atoms with van der Waals surface area (Å²) in [6, 6.07) is 5.21. The number of carbonyl (C=O) groups excluding carboxylic acids is 2. The predicted octanol–water partition coefficient (Wildman–Crippen LogP) is 0.169. The van der Waals surface area contributed by atoms with E-state index in [2.05, 4.69) is 0 Å². The largest absolute Gasteiger partial charge is 0.486 e.